The van der Waals surface area contributed by atoms with Crippen LogP contribution in [0.25, 0.3) is 0 Å². The van der Waals surface area contributed by atoms with Gasteiger partial charge in [-0.3, -0.25) is 0 Å². The van der Waals surface area contributed by atoms with Gasteiger partial charge in [0.25, 0.3) is 0 Å². The number of hydrogen-bond acceptors (Lipinski definition) is 2. The van der Waals surface area contributed by atoms with Crippen LogP contribution in [0.15, 0.2) is 18.2 Å². The van der Waals surface area contributed by atoms with Gasteiger partial charge in [-0.2, -0.15) is 0 Å². The van der Waals surface area contributed by atoms with E-state index in [4.69, 9.17) is 29.6 Å². The molecule has 0 spiro atoms. The minimum atomic E-state index is 0.684. The van der Waals surface area contributed by atoms with Crippen LogP contribution in [-0.2, 0) is 6.42 Å². The molecule has 0 atom stereocenters. The van der Waals surface area contributed by atoms with Crippen LogP contribution in [0.1, 0.15) is 12.0 Å². The first-order valence-electron chi connectivity index (χ1n) is 4.46. The monoisotopic (exact) mass is 228 g/mol. The molecular formula is C10H13ClN2S. The van der Waals surface area contributed by atoms with Crippen LogP contribution in [0, 0.1) is 0 Å². The highest BCUT2D eigenvalue weighted by atomic mass is 35.5. The average molecular weight is 229 g/mol. The molecule has 2 nitrogen and oxygen atoms in total. The molecule has 0 heterocycles. The summed E-state index contributed by atoms with van der Waals surface area (Å²) in [5.74, 6) is 0. The fourth-order valence-electron chi connectivity index (χ4n) is 1.27. The Kier molecular flexibility index (Phi) is 4.87. The van der Waals surface area contributed by atoms with E-state index in [0.717, 1.165) is 29.1 Å². The third-order valence-corrected chi connectivity index (χ3v) is 2.28. The molecule has 0 aliphatic heterocycles. The van der Waals surface area contributed by atoms with E-state index in [0.29, 0.717) is 6.54 Å². The number of nitrogens with two attached hydrogens (primary N) is 1. The fourth-order valence-corrected chi connectivity index (χ4v) is 1.59. The number of aryl methyl sites for hydroxylation is 1. The smallest absolute Gasteiger partial charge is 0.0659 e. The van der Waals surface area contributed by atoms with E-state index < -0.39 is 0 Å². The summed E-state index contributed by atoms with van der Waals surface area (Å²) in [5.41, 5.74) is 9.12. The molecule has 0 fully saturated rings. The number of benzene rings is 1. The highest BCUT2D eigenvalue weighted by Crippen LogP contribution is 2.21. The number of thiocarbonyl (C=S) groups is 1. The summed E-state index contributed by atoms with van der Waals surface area (Å²) in [6, 6.07) is 5.71. The number of anilines is 1. The molecule has 1 aromatic rings. The van der Waals surface area contributed by atoms with Gasteiger partial charge in [-0.25, -0.2) is 0 Å². The standard InChI is InChI=1S/C10H13ClN2S/c11-9-3-4-10(13-7-14)8(6-9)2-1-5-12/h3-4,6-7H,1-2,5,12H2,(H,13,14). The molecule has 0 aliphatic rings. The first-order valence-corrected chi connectivity index (χ1v) is 5.31. The molecular weight excluding hydrogens is 216 g/mol. The van der Waals surface area contributed by atoms with Crippen molar-refractivity contribution in [3.8, 4) is 0 Å². The predicted molar refractivity (Wildman–Crippen MR) is 66.1 cm³/mol. The Labute approximate surface area is 94.4 Å². The lowest BCUT2D eigenvalue weighted by atomic mass is 10.1. The highest BCUT2D eigenvalue weighted by molar-refractivity contribution is 7.79. The van der Waals surface area contributed by atoms with Crippen molar-refractivity contribution in [3.63, 3.8) is 0 Å². The van der Waals surface area contributed by atoms with Gasteiger partial charge in [0, 0.05) is 10.7 Å². The molecule has 76 valence electrons. The molecule has 3 N–H and O–H groups in total. The molecule has 0 saturated heterocycles. The normalized spacial score (nSPS) is 9.86. The van der Waals surface area contributed by atoms with Crippen LogP contribution >= 0.6 is 23.8 Å². The Balaban J connectivity index is 2.84. The second-order valence-electron chi connectivity index (χ2n) is 2.96. The van der Waals surface area contributed by atoms with Crippen molar-refractivity contribution < 1.29 is 0 Å². The Morgan fingerprint density at radius 2 is 2.29 bits per heavy atom. The Morgan fingerprint density at radius 3 is 2.93 bits per heavy atom. The lowest BCUT2D eigenvalue weighted by Gasteiger charge is -2.08. The average Bonchev–Trinajstić information content (AvgIpc) is 2.18. The van der Waals surface area contributed by atoms with E-state index in [1.807, 2.05) is 18.2 Å². The van der Waals surface area contributed by atoms with E-state index in [1.165, 1.54) is 5.49 Å². The van der Waals surface area contributed by atoms with Crippen LogP contribution in [0.2, 0.25) is 5.02 Å². The molecule has 14 heavy (non-hydrogen) atoms. The molecule has 0 amide bonds. The third-order valence-electron chi connectivity index (χ3n) is 1.93. The summed E-state index contributed by atoms with van der Waals surface area (Å²) in [6.07, 6.45) is 1.87. The van der Waals surface area contributed by atoms with Gasteiger partial charge in [0.05, 0.1) is 5.49 Å². The van der Waals surface area contributed by atoms with Gasteiger partial charge in [0.2, 0.25) is 0 Å². The van der Waals surface area contributed by atoms with Crippen molar-refractivity contribution in [2.24, 2.45) is 5.73 Å². The van der Waals surface area contributed by atoms with Crippen molar-refractivity contribution >= 4 is 35.0 Å². The number of rotatable bonds is 5. The molecule has 0 aliphatic carbocycles. The molecule has 1 aromatic carbocycles. The van der Waals surface area contributed by atoms with E-state index in [1.54, 1.807) is 0 Å². The van der Waals surface area contributed by atoms with Crippen molar-refractivity contribution in [1.29, 1.82) is 0 Å². The molecule has 4 heteroatoms. The molecule has 0 aromatic heterocycles. The lowest BCUT2D eigenvalue weighted by Crippen LogP contribution is -2.03. The maximum atomic E-state index is 5.90. The molecule has 0 unspecified atom stereocenters. The summed E-state index contributed by atoms with van der Waals surface area (Å²) in [7, 11) is 0. The Bertz CT molecular complexity index is 315. The summed E-state index contributed by atoms with van der Waals surface area (Å²) < 4.78 is 0. The van der Waals surface area contributed by atoms with Gasteiger partial charge in [-0.1, -0.05) is 23.8 Å². The van der Waals surface area contributed by atoms with E-state index in [9.17, 15) is 0 Å². The minimum absolute atomic E-state index is 0.684. The number of nitrogens with one attached hydrogen (secondary N) is 1. The van der Waals surface area contributed by atoms with Gasteiger partial charge < -0.3 is 11.1 Å². The number of halogens is 1. The van der Waals surface area contributed by atoms with E-state index in [2.05, 4.69) is 5.32 Å². The van der Waals surface area contributed by atoms with Crippen molar-refractivity contribution in [2.75, 3.05) is 11.9 Å². The topological polar surface area (TPSA) is 38.0 Å². The SMILES string of the molecule is NCCCc1cc(Cl)ccc1NC=S. The highest BCUT2D eigenvalue weighted by Gasteiger charge is 2.01. The van der Waals surface area contributed by atoms with Crippen molar-refractivity contribution in [2.45, 2.75) is 12.8 Å². The van der Waals surface area contributed by atoms with Gasteiger partial charge in [0.1, 0.15) is 0 Å². The Hall–Kier alpha value is -0.640. The zero-order valence-corrected chi connectivity index (χ0v) is 9.37. The first kappa shape index (κ1) is 11.4. The van der Waals surface area contributed by atoms with E-state index >= 15 is 0 Å². The predicted octanol–water partition coefficient (Wildman–Crippen LogP) is 2.60. The zero-order chi connectivity index (χ0) is 10.4. The van der Waals surface area contributed by atoms with Gasteiger partial charge in [-0.15, -0.1) is 0 Å². The Morgan fingerprint density at radius 1 is 1.50 bits per heavy atom. The van der Waals surface area contributed by atoms with Crippen LogP contribution < -0.4 is 11.1 Å². The largest absolute Gasteiger partial charge is 0.352 e. The van der Waals surface area contributed by atoms with Crippen LogP contribution in [0.5, 0.6) is 0 Å². The first-order chi connectivity index (χ1) is 6.77. The second-order valence-corrected chi connectivity index (χ2v) is 3.63. The summed E-state index contributed by atoms with van der Waals surface area (Å²) in [4.78, 5) is 0. The summed E-state index contributed by atoms with van der Waals surface area (Å²) >= 11 is 10.6. The lowest BCUT2D eigenvalue weighted by molar-refractivity contribution is 0.834. The number of hydrogen-bond donors (Lipinski definition) is 2. The maximum Gasteiger partial charge on any atom is 0.0659 e. The van der Waals surface area contributed by atoms with Gasteiger partial charge >= 0.3 is 0 Å². The summed E-state index contributed by atoms with van der Waals surface area (Å²) in [6.45, 7) is 0.684. The van der Waals surface area contributed by atoms with E-state index in [-0.39, 0.29) is 0 Å². The molecule has 0 saturated carbocycles. The van der Waals surface area contributed by atoms with Gasteiger partial charge in [0.15, 0.2) is 0 Å². The van der Waals surface area contributed by atoms with Crippen LogP contribution in [0.3, 0.4) is 0 Å². The molecule has 0 bridgehead atoms. The fraction of sp³-hybridized carbons (Fsp3) is 0.300. The maximum absolute atomic E-state index is 5.90. The quantitative estimate of drug-likeness (QED) is 0.761. The minimum Gasteiger partial charge on any atom is -0.352 e. The van der Waals surface area contributed by atoms with Crippen molar-refractivity contribution in [3.05, 3.63) is 28.8 Å². The van der Waals surface area contributed by atoms with Crippen LogP contribution in [0.4, 0.5) is 5.69 Å². The molecule has 1 rings (SSSR count). The van der Waals surface area contributed by atoms with Crippen LogP contribution in [-0.4, -0.2) is 12.0 Å². The van der Waals surface area contributed by atoms with Gasteiger partial charge in [-0.05, 0) is 43.1 Å². The second kappa shape index (κ2) is 5.96. The third kappa shape index (κ3) is 3.25. The summed E-state index contributed by atoms with van der Waals surface area (Å²) in [5, 5.41) is 3.75. The zero-order valence-electron chi connectivity index (χ0n) is 7.79. The van der Waals surface area contributed by atoms with Crippen molar-refractivity contribution in [1.82, 2.24) is 0 Å². The molecule has 0 radical (unpaired) electrons.